The van der Waals surface area contributed by atoms with E-state index < -0.39 is 18.6 Å². The summed E-state index contributed by atoms with van der Waals surface area (Å²) >= 11 is 0. The molecule has 0 bridgehead atoms. The van der Waals surface area contributed by atoms with Crippen molar-refractivity contribution in [2.45, 2.75) is 19.5 Å². The molecular formula is C14H19F3N2O. The van der Waals surface area contributed by atoms with E-state index in [9.17, 15) is 18.0 Å². The molecule has 0 saturated heterocycles. The molecule has 20 heavy (non-hydrogen) atoms. The highest BCUT2D eigenvalue weighted by Gasteiger charge is 2.32. The molecule has 0 aliphatic rings. The second-order valence-electron chi connectivity index (χ2n) is 4.70. The number of likely N-dealkylation sites (N-methyl/N-ethyl adjacent to an activating group) is 1. The van der Waals surface area contributed by atoms with Crippen LogP contribution in [0, 0.1) is 6.92 Å². The molecule has 0 fully saturated rings. The topological polar surface area (TPSA) is 32.3 Å². The van der Waals surface area contributed by atoms with Gasteiger partial charge in [0, 0.05) is 6.54 Å². The third-order valence-corrected chi connectivity index (χ3v) is 2.84. The molecule has 0 heterocycles. The summed E-state index contributed by atoms with van der Waals surface area (Å²) in [6.45, 7) is 0.697. The van der Waals surface area contributed by atoms with Crippen LogP contribution in [0.25, 0.3) is 0 Å². The van der Waals surface area contributed by atoms with Crippen molar-refractivity contribution in [3.8, 4) is 0 Å². The molecule has 0 atom stereocenters. The second-order valence-corrected chi connectivity index (χ2v) is 4.70. The third kappa shape index (κ3) is 6.06. The van der Waals surface area contributed by atoms with E-state index in [2.05, 4.69) is 5.32 Å². The monoisotopic (exact) mass is 288 g/mol. The lowest BCUT2D eigenvalue weighted by Gasteiger charge is -2.24. The number of hydrogen-bond acceptors (Lipinski definition) is 2. The van der Waals surface area contributed by atoms with Gasteiger partial charge in [0.1, 0.15) is 6.54 Å². The van der Waals surface area contributed by atoms with Crippen molar-refractivity contribution in [2.24, 2.45) is 0 Å². The highest BCUT2D eigenvalue weighted by Crippen LogP contribution is 2.17. The van der Waals surface area contributed by atoms with Crippen LogP contribution in [0.15, 0.2) is 24.3 Å². The first-order chi connectivity index (χ1) is 9.31. The Morgan fingerprint density at radius 1 is 1.25 bits per heavy atom. The van der Waals surface area contributed by atoms with Gasteiger partial charge in [0.05, 0.1) is 6.54 Å². The Labute approximate surface area is 116 Å². The first-order valence-electron chi connectivity index (χ1n) is 6.36. The number of nitrogens with zero attached hydrogens (tertiary/aromatic N) is 1. The lowest BCUT2D eigenvalue weighted by molar-refractivity contribution is -0.160. The molecular weight excluding hydrogens is 269 g/mol. The quantitative estimate of drug-likeness (QED) is 0.870. The maximum Gasteiger partial charge on any atom is 0.406 e. The van der Waals surface area contributed by atoms with E-state index in [0.29, 0.717) is 6.42 Å². The number of aryl methyl sites for hydroxylation is 1. The van der Waals surface area contributed by atoms with Crippen molar-refractivity contribution >= 4 is 5.91 Å². The van der Waals surface area contributed by atoms with Crippen molar-refractivity contribution in [1.29, 1.82) is 0 Å². The van der Waals surface area contributed by atoms with Gasteiger partial charge >= 0.3 is 6.18 Å². The number of carbonyl (C=O) groups is 1. The molecule has 0 aliphatic heterocycles. The molecule has 1 aromatic rings. The first-order valence-corrected chi connectivity index (χ1v) is 6.36. The SMILES string of the molecule is CNCC(=O)N(CCc1ccc(C)cc1)CC(F)(F)F. The lowest BCUT2D eigenvalue weighted by atomic mass is 10.1. The number of alkyl halides is 3. The van der Waals surface area contributed by atoms with Crippen molar-refractivity contribution in [2.75, 3.05) is 26.7 Å². The van der Waals surface area contributed by atoms with Crippen LogP contribution in [0.5, 0.6) is 0 Å². The fourth-order valence-electron chi connectivity index (χ4n) is 1.79. The van der Waals surface area contributed by atoms with Gasteiger partial charge in [-0.05, 0) is 26.0 Å². The standard InChI is InChI=1S/C14H19F3N2O/c1-11-3-5-12(6-4-11)7-8-19(10-14(15,16)17)13(20)9-18-2/h3-6,18H,7-10H2,1-2H3. The molecule has 3 nitrogen and oxygen atoms in total. The van der Waals surface area contributed by atoms with E-state index >= 15 is 0 Å². The maximum absolute atomic E-state index is 12.5. The summed E-state index contributed by atoms with van der Waals surface area (Å²) in [5.74, 6) is -0.545. The van der Waals surface area contributed by atoms with Gasteiger partial charge in [-0.2, -0.15) is 13.2 Å². The van der Waals surface area contributed by atoms with Gasteiger partial charge < -0.3 is 10.2 Å². The fraction of sp³-hybridized carbons (Fsp3) is 0.500. The summed E-state index contributed by atoms with van der Waals surface area (Å²) in [6, 6.07) is 7.53. The summed E-state index contributed by atoms with van der Waals surface area (Å²) in [7, 11) is 1.53. The fourth-order valence-corrected chi connectivity index (χ4v) is 1.79. The van der Waals surface area contributed by atoms with Crippen molar-refractivity contribution < 1.29 is 18.0 Å². The Morgan fingerprint density at radius 2 is 1.85 bits per heavy atom. The second kappa shape index (κ2) is 7.28. The van der Waals surface area contributed by atoms with Gasteiger partial charge in [0.15, 0.2) is 0 Å². The molecule has 0 saturated carbocycles. The average Bonchev–Trinajstić information content (AvgIpc) is 2.35. The maximum atomic E-state index is 12.5. The molecule has 6 heteroatoms. The van der Waals surface area contributed by atoms with E-state index in [-0.39, 0.29) is 13.1 Å². The predicted molar refractivity (Wildman–Crippen MR) is 71.4 cm³/mol. The van der Waals surface area contributed by atoms with Gasteiger partial charge in [-0.3, -0.25) is 4.79 Å². The van der Waals surface area contributed by atoms with E-state index in [1.165, 1.54) is 7.05 Å². The molecule has 0 radical (unpaired) electrons. The molecule has 0 aromatic heterocycles. The molecule has 1 rings (SSSR count). The zero-order chi connectivity index (χ0) is 15.2. The normalized spacial score (nSPS) is 11.4. The Hall–Kier alpha value is -1.56. The largest absolute Gasteiger partial charge is 0.406 e. The van der Waals surface area contributed by atoms with Crippen LogP contribution in [0.2, 0.25) is 0 Å². The molecule has 0 spiro atoms. The van der Waals surface area contributed by atoms with Crippen LogP contribution in [0.1, 0.15) is 11.1 Å². The number of halogens is 3. The van der Waals surface area contributed by atoms with Crippen molar-refractivity contribution in [1.82, 2.24) is 10.2 Å². The average molecular weight is 288 g/mol. The summed E-state index contributed by atoms with van der Waals surface area (Å²) in [5, 5.41) is 2.58. The van der Waals surface area contributed by atoms with E-state index in [1.807, 2.05) is 31.2 Å². The first kappa shape index (κ1) is 16.5. The zero-order valence-corrected chi connectivity index (χ0v) is 11.6. The van der Waals surface area contributed by atoms with E-state index in [1.54, 1.807) is 0 Å². The van der Waals surface area contributed by atoms with Gasteiger partial charge in [0.25, 0.3) is 0 Å². The number of nitrogens with one attached hydrogen (secondary N) is 1. The molecule has 0 aliphatic carbocycles. The Morgan fingerprint density at radius 3 is 2.35 bits per heavy atom. The smallest absolute Gasteiger partial charge is 0.332 e. The number of amides is 1. The minimum Gasteiger partial charge on any atom is -0.332 e. The number of rotatable bonds is 6. The number of hydrogen-bond donors (Lipinski definition) is 1. The Kier molecular flexibility index (Phi) is 6.01. The third-order valence-electron chi connectivity index (χ3n) is 2.84. The van der Waals surface area contributed by atoms with Gasteiger partial charge in [0.2, 0.25) is 5.91 Å². The minimum absolute atomic E-state index is 0.0586. The minimum atomic E-state index is -4.38. The predicted octanol–water partition coefficient (Wildman–Crippen LogP) is 2.15. The Bertz CT molecular complexity index is 429. The molecule has 112 valence electrons. The summed E-state index contributed by atoms with van der Waals surface area (Å²) in [6.07, 6.45) is -3.97. The van der Waals surface area contributed by atoms with E-state index in [4.69, 9.17) is 0 Å². The number of carbonyl (C=O) groups excluding carboxylic acids is 1. The summed E-state index contributed by atoms with van der Waals surface area (Å²) in [4.78, 5) is 12.5. The van der Waals surface area contributed by atoms with Gasteiger partial charge in [-0.25, -0.2) is 0 Å². The van der Waals surface area contributed by atoms with Gasteiger partial charge in [-0.15, -0.1) is 0 Å². The molecule has 0 unspecified atom stereocenters. The van der Waals surface area contributed by atoms with Crippen LogP contribution in [0.4, 0.5) is 13.2 Å². The van der Waals surface area contributed by atoms with Crippen LogP contribution in [-0.4, -0.2) is 43.7 Å². The van der Waals surface area contributed by atoms with Crippen molar-refractivity contribution in [3.05, 3.63) is 35.4 Å². The highest BCUT2D eigenvalue weighted by atomic mass is 19.4. The van der Waals surface area contributed by atoms with Crippen molar-refractivity contribution in [3.63, 3.8) is 0 Å². The summed E-state index contributed by atoms with van der Waals surface area (Å²) < 4.78 is 37.4. The Balaban J connectivity index is 2.64. The van der Waals surface area contributed by atoms with Crippen LogP contribution >= 0.6 is 0 Å². The molecule has 1 N–H and O–H groups in total. The van der Waals surface area contributed by atoms with E-state index in [0.717, 1.165) is 16.0 Å². The van der Waals surface area contributed by atoms with Crippen LogP contribution in [0.3, 0.4) is 0 Å². The lowest BCUT2D eigenvalue weighted by Crippen LogP contribution is -2.43. The molecule has 1 amide bonds. The zero-order valence-electron chi connectivity index (χ0n) is 11.6. The highest BCUT2D eigenvalue weighted by molar-refractivity contribution is 5.78. The van der Waals surface area contributed by atoms with Gasteiger partial charge in [-0.1, -0.05) is 29.8 Å². The van der Waals surface area contributed by atoms with Crippen LogP contribution in [-0.2, 0) is 11.2 Å². The summed E-state index contributed by atoms with van der Waals surface area (Å²) in [5.41, 5.74) is 2.01. The number of benzene rings is 1. The molecule has 1 aromatic carbocycles. The van der Waals surface area contributed by atoms with Crippen LogP contribution < -0.4 is 5.32 Å².